The Balaban J connectivity index is 0.000000250. The number of hydrogen-bond acceptors (Lipinski definition) is 1. The van der Waals surface area contributed by atoms with E-state index in [9.17, 15) is 0 Å². The van der Waals surface area contributed by atoms with Gasteiger partial charge in [-0.15, -0.1) is 0 Å². The average molecular weight is 253 g/mol. The molecule has 0 bridgehead atoms. The first-order valence-corrected chi connectivity index (χ1v) is 1.37. The van der Waals surface area contributed by atoms with Crippen LogP contribution in [0.1, 0.15) is 0 Å². The predicted molar refractivity (Wildman–Crippen MR) is 17.6 cm³/mol. The van der Waals surface area contributed by atoms with Crippen LogP contribution in [0.3, 0.4) is 0 Å². The van der Waals surface area contributed by atoms with Crippen molar-refractivity contribution >= 4 is 0 Å². The van der Waals surface area contributed by atoms with Gasteiger partial charge in [0, 0.05) is 20.4 Å². The molecule has 1 rings (SSSR count). The molecule has 0 saturated carbocycles. The predicted octanol–water partition coefficient (Wildman–Crippen LogP) is 0.0363. The van der Waals surface area contributed by atoms with Crippen molar-refractivity contribution in [2.45, 2.75) is 0 Å². The molecule has 0 amide bonds. The Bertz CT molecular complexity index is 65.3. The first kappa shape index (κ1) is 5.87. The molecule has 0 aromatic carbocycles. The molecule has 1 heterocycles. The Kier molecular flexibility index (Phi) is 3.01. The zero-order chi connectivity index (χ0) is 3.54. The molecule has 6 heavy (non-hydrogen) atoms. The molecular weight excluding hydrogens is 250 g/mol. The topological polar surface area (TPSA) is 27.0 Å². The Morgan fingerprint density at radius 1 is 1.50 bits per heavy atom. The molecule has 0 unspecified atom stereocenters. The first-order chi connectivity index (χ1) is 2.50. The standard InChI is InChI=1S/C3H3N2.Re/c1-2-5-3-4-1;/h1-3H;/q-1;. The van der Waals surface area contributed by atoms with Crippen molar-refractivity contribution in [1.82, 2.24) is 9.97 Å². The molecule has 0 aliphatic heterocycles. The second kappa shape index (κ2) is 3.08. The van der Waals surface area contributed by atoms with E-state index in [0.29, 0.717) is 0 Å². The van der Waals surface area contributed by atoms with Crippen LogP contribution in [0, 0.1) is 0 Å². The van der Waals surface area contributed by atoms with Crippen molar-refractivity contribution in [2.75, 3.05) is 0 Å². The van der Waals surface area contributed by atoms with Crippen molar-refractivity contribution in [3.8, 4) is 0 Å². The Hall–Kier alpha value is -0.128. The number of nitrogens with zero attached hydrogens (tertiary/aromatic N) is 2. The molecule has 0 spiro atoms. The van der Waals surface area contributed by atoms with Crippen LogP contribution in [0.15, 0.2) is 18.7 Å². The van der Waals surface area contributed by atoms with E-state index in [4.69, 9.17) is 0 Å². The average Bonchev–Trinajstić information content (AvgIpc) is 1.76. The van der Waals surface area contributed by atoms with Crippen LogP contribution < -0.4 is 4.98 Å². The van der Waals surface area contributed by atoms with Gasteiger partial charge in [0.15, 0.2) is 0 Å². The van der Waals surface area contributed by atoms with Gasteiger partial charge in [0.25, 0.3) is 0 Å². The van der Waals surface area contributed by atoms with Gasteiger partial charge in [-0.05, 0) is 0 Å². The van der Waals surface area contributed by atoms with Gasteiger partial charge in [-0.1, -0.05) is 18.7 Å². The second-order valence-corrected chi connectivity index (χ2v) is 0.712. The molecule has 0 fully saturated rings. The van der Waals surface area contributed by atoms with Crippen molar-refractivity contribution < 1.29 is 20.4 Å². The van der Waals surface area contributed by atoms with E-state index in [1.807, 2.05) is 0 Å². The maximum absolute atomic E-state index is 3.61. The summed E-state index contributed by atoms with van der Waals surface area (Å²) in [6.45, 7) is 0. The zero-order valence-corrected chi connectivity index (χ0v) is 5.72. The summed E-state index contributed by atoms with van der Waals surface area (Å²) in [6.07, 6.45) is 4.78. The van der Waals surface area contributed by atoms with Crippen molar-refractivity contribution in [1.29, 1.82) is 0 Å². The second-order valence-electron chi connectivity index (χ2n) is 0.712. The molecule has 1 radical (unpaired) electrons. The van der Waals surface area contributed by atoms with Crippen molar-refractivity contribution in [3.63, 3.8) is 0 Å². The molecule has 1 aromatic rings. The normalized spacial score (nSPS) is 6.67. The Morgan fingerprint density at radius 2 is 2.33 bits per heavy atom. The fourth-order valence-electron chi connectivity index (χ4n) is 0.192. The molecule has 0 aliphatic rings. The minimum Gasteiger partial charge on any atom is -0.450 e. The quantitative estimate of drug-likeness (QED) is 0.652. The van der Waals surface area contributed by atoms with Gasteiger partial charge in [-0.3, -0.25) is 0 Å². The largest absolute Gasteiger partial charge is 0.450 e. The molecule has 2 nitrogen and oxygen atoms in total. The van der Waals surface area contributed by atoms with Crippen LogP contribution in [0.5, 0.6) is 0 Å². The molecule has 1 aromatic heterocycles. The van der Waals surface area contributed by atoms with Crippen LogP contribution in [-0.4, -0.2) is 4.98 Å². The Morgan fingerprint density at radius 3 is 2.50 bits per heavy atom. The van der Waals surface area contributed by atoms with Gasteiger partial charge in [-0.25, -0.2) is 0 Å². The molecule has 33 valence electrons. The first-order valence-electron chi connectivity index (χ1n) is 1.37. The maximum atomic E-state index is 3.61. The zero-order valence-electron chi connectivity index (χ0n) is 3.00. The van der Waals surface area contributed by atoms with Crippen LogP contribution in [0.2, 0.25) is 0 Å². The molecule has 0 atom stereocenters. The van der Waals surface area contributed by atoms with Crippen LogP contribution in [0.4, 0.5) is 0 Å². The summed E-state index contributed by atoms with van der Waals surface area (Å²) in [5, 5.41) is 0. The van der Waals surface area contributed by atoms with E-state index in [0.717, 1.165) is 0 Å². The van der Waals surface area contributed by atoms with Gasteiger partial charge >= 0.3 is 0 Å². The van der Waals surface area contributed by atoms with Gasteiger partial charge in [0.2, 0.25) is 0 Å². The van der Waals surface area contributed by atoms with Crippen LogP contribution in [-0.2, 0) is 20.4 Å². The fourth-order valence-corrected chi connectivity index (χ4v) is 0.192. The molecule has 0 aliphatic carbocycles. The smallest absolute Gasteiger partial charge is 0 e. The van der Waals surface area contributed by atoms with Gasteiger partial charge in [-0.2, -0.15) is 0 Å². The molecule has 0 N–H and O–H groups in total. The number of hydrogen-bond donors (Lipinski definition) is 0. The van der Waals surface area contributed by atoms with Crippen LogP contribution >= 0.6 is 0 Å². The van der Waals surface area contributed by atoms with Gasteiger partial charge in [0.1, 0.15) is 0 Å². The maximum Gasteiger partial charge on any atom is 0 e. The number of aromatic nitrogens is 2. The fraction of sp³-hybridized carbons (Fsp3) is 0. The third-order valence-corrected chi connectivity index (χ3v) is 0.372. The summed E-state index contributed by atoms with van der Waals surface area (Å²) in [5.74, 6) is 0. The van der Waals surface area contributed by atoms with E-state index in [1.165, 1.54) is 6.33 Å². The van der Waals surface area contributed by atoms with E-state index < -0.39 is 0 Å². The number of imidazole rings is 1. The minimum absolute atomic E-state index is 0. The molecule has 0 saturated heterocycles. The van der Waals surface area contributed by atoms with E-state index in [2.05, 4.69) is 9.97 Å². The van der Waals surface area contributed by atoms with E-state index in [1.54, 1.807) is 12.4 Å². The van der Waals surface area contributed by atoms with Crippen molar-refractivity contribution in [2.24, 2.45) is 0 Å². The summed E-state index contributed by atoms with van der Waals surface area (Å²) < 4.78 is 0. The van der Waals surface area contributed by atoms with Crippen LogP contribution in [0.25, 0.3) is 0 Å². The Labute approximate surface area is 49.6 Å². The summed E-state index contributed by atoms with van der Waals surface area (Å²) >= 11 is 0. The third-order valence-electron chi connectivity index (χ3n) is 0.372. The summed E-state index contributed by atoms with van der Waals surface area (Å²) in [4.78, 5) is 7.22. The van der Waals surface area contributed by atoms with Gasteiger partial charge in [0.05, 0.1) is 0 Å². The monoisotopic (exact) mass is 254 g/mol. The molecular formula is C3H3N2Re-. The van der Waals surface area contributed by atoms with Crippen molar-refractivity contribution in [3.05, 3.63) is 18.7 Å². The summed E-state index contributed by atoms with van der Waals surface area (Å²) in [5.41, 5.74) is 0. The minimum atomic E-state index is 0. The SMILES string of the molecule is [Re].c1c[n-]cn1. The van der Waals surface area contributed by atoms with E-state index in [-0.39, 0.29) is 20.4 Å². The molecule has 3 heteroatoms. The number of rotatable bonds is 0. The third kappa shape index (κ3) is 1.35. The summed E-state index contributed by atoms with van der Waals surface area (Å²) in [7, 11) is 0. The summed E-state index contributed by atoms with van der Waals surface area (Å²) in [6, 6.07) is 0. The van der Waals surface area contributed by atoms with E-state index >= 15 is 0 Å². The van der Waals surface area contributed by atoms with Gasteiger partial charge < -0.3 is 9.97 Å².